The lowest BCUT2D eigenvalue weighted by Gasteiger charge is -2.12. The van der Waals surface area contributed by atoms with Crippen molar-refractivity contribution in [2.45, 2.75) is 20.3 Å². The van der Waals surface area contributed by atoms with Gasteiger partial charge in [0.25, 0.3) is 11.6 Å². The van der Waals surface area contributed by atoms with Crippen molar-refractivity contribution in [2.24, 2.45) is 11.0 Å². The largest absolute Gasteiger partial charge is 0.493 e. The van der Waals surface area contributed by atoms with E-state index in [0.717, 1.165) is 12.0 Å². The molecular weight excluding hydrogens is 362 g/mol. The molecule has 148 valence electrons. The van der Waals surface area contributed by atoms with Gasteiger partial charge in [0.05, 0.1) is 24.9 Å². The van der Waals surface area contributed by atoms with E-state index in [1.165, 1.54) is 30.5 Å². The smallest absolute Gasteiger partial charge is 0.271 e. The molecular formula is C20H23N3O5. The molecule has 0 heterocycles. The molecule has 0 fully saturated rings. The number of non-ortho nitro benzene ring substituents is 1. The molecule has 0 aliphatic carbocycles. The highest BCUT2D eigenvalue weighted by molar-refractivity contribution is 5.95. The van der Waals surface area contributed by atoms with E-state index in [2.05, 4.69) is 24.4 Å². The molecule has 2 rings (SSSR count). The highest BCUT2D eigenvalue weighted by Gasteiger charge is 2.09. The Hall–Kier alpha value is -3.42. The predicted octanol–water partition coefficient (Wildman–Crippen LogP) is 3.79. The van der Waals surface area contributed by atoms with E-state index >= 15 is 0 Å². The van der Waals surface area contributed by atoms with Crippen LogP contribution in [-0.4, -0.2) is 30.8 Å². The molecule has 0 atom stereocenters. The lowest BCUT2D eigenvalue weighted by Crippen LogP contribution is -2.17. The molecule has 0 unspecified atom stereocenters. The summed E-state index contributed by atoms with van der Waals surface area (Å²) in [7, 11) is 1.56. The normalized spacial score (nSPS) is 10.9. The summed E-state index contributed by atoms with van der Waals surface area (Å²) in [6.07, 6.45) is 2.42. The number of nitrogens with one attached hydrogen (secondary N) is 1. The summed E-state index contributed by atoms with van der Waals surface area (Å²) in [5, 5.41) is 14.5. The summed E-state index contributed by atoms with van der Waals surface area (Å²) in [5.41, 5.74) is 3.29. The zero-order chi connectivity index (χ0) is 20.5. The van der Waals surface area contributed by atoms with Crippen LogP contribution in [0.1, 0.15) is 36.2 Å². The number of hydrogen-bond donors (Lipinski definition) is 1. The third kappa shape index (κ3) is 6.08. The van der Waals surface area contributed by atoms with Crippen molar-refractivity contribution in [3.63, 3.8) is 0 Å². The molecule has 8 nitrogen and oxygen atoms in total. The van der Waals surface area contributed by atoms with Crippen LogP contribution in [0.15, 0.2) is 47.6 Å². The molecule has 28 heavy (non-hydrogen) atoms. The van der Waals surface area contributed by atoms with Crippen LogP contribution in [0.5, 0.6) is 11.5 Å². The maximum absolute atomic E-state index is 12.0. The Morgan fingerprint density at radius 3 is 2.54 bits per heavy atom. The number of methoxy groups -OCH3 is 1. The second kappa shape index (κ2) is 10.1. The first-order valence-corrected chi connectivity index (χ1v) is 8.79. The van der Waals surface area contributed by atoms with Gasteiger partial charge in [-0.1, -0.05) is 13.8 Å². The molecule has 1 N–H and O–H groups in total. The minimum absolute atomic E-state index is 0.0807. The van der Waals surface area contributed by atoms with E-state index in [1.807, 2.05) is 0 Å². The second-order valence-corrected chi connectivity index (χ2v) is 6.44. The van der Waals surface area contributed by atoms with Crippen LogP contribution in [0, 0.1) is 16.0 Å². The van der Waals surface area contributed by atoms with Gasteiger partial charge in [0.2, 0.25) is 0 Å². The van der Waals surface area contributed by atoms with E-state index in [9.17, 15) is 14.9 Å². The number of ether oxygens (including phenoxy) is 2. The minimum atomic E-state index is -0.524. The molecule has 0 radical (unpaired) electrons. The van der Waals surface area contributed by atoms with Crippen molar-refractivity contribution in [1.82, 2.24) is 5.43 Å². The third-order valence-corrected chi connectivity index (χ3v) is 3.86. The zero-order valence-electron chi connectivity index (χ0n) is 16.0. The monoisotopic (exact) mass is 385 g/mol. The van der Waals surface area contributed by atoms with Crippen LogP contribution < -0.4 is 14.9 Å². The number of carbonyl (C=O) groups excluding carboxylic acids is 1. The van der Waals surface area contributed by atoms with Crippen LogP contribution in [-0.2, 0) is 0 Å². The molecule has 8 heteroatoms. The fourth-order valence-electron chi connectivity index (χ4n) is 2.25. The van der Waals surface area contributed by atoms with Crippen molar-refractivity contribution in [1.29, 1.82) is 0 Å². The summed E-state index contributed by atoms with van der Waals surface area (Å²) in [4.78, 5) is 22.1. The number of hydrogen-bond acceptors (Lipinski definition) is 6. The molecule has 1 amide bonds. The van der Waals surface area contributed by atoms with Gasteiger partial charge < -0.3 is 9.47 Å². The molecule has 0 saturated carbocycles. The second-order valence-electron chi connectivity index (χ2n) is 6.44. The van der Waals surface area contributed by atoms with Gasteiger partial charge in [-0.2, -0.15) is 5.10 Å². The number of nitrogens with zero attached hydrogens (tertiary/aromatic N) is 2. The van der Waals surface area contributed by atoms with Crippen LogP contribution >= 0.6 is 0 Å². The quantitative estimate of drug-likeness (QED) is 0.402. The molecule has 2 aromatic rings. The number of rotatable bonds is 9. The van der Waals surface area contributed by atoms with E-state index in [4.69, 9.17) is 9.47 Å². The van der Waals surface area contributed by atoms with Crippen LogP contribution in [0.25, 0.3) is 0 Å². The zero-order valence-corrected chi connectivity index (χ0v) is 16.0. The Balaban J connectivity index is 1.97. The number of amides is 1. The summed E-state index contributed by atoms with van der Waals surface area (Å²) < 4.78 is 11.1. The minimum Gasteiger partial charge on any atom is -0.493 e. The molecule has 2 aromatic carbocycles. The number of hydrazone groups is 1. The van der Waals surface area contributed by atoms with Gasteiger partial charge in [-0.25, -0.2) is 5.43 Å². The number of nitro benzene ring substituents is 1. The first kappa shape index (κ1) is 20.9. The van der Waals surface area contributed by atoms with Crippen LogP contribution in [0.3, 0.4) is 0 Å². The van der Waals surface area contributed by atoms with Gasteiger partial charge in [0.15, 0.2) is 11.5 Å². The highest BCUT2D eigenvalue weighted by Crippen LogP contribution is 2.27. The average Bonchev–Trinajstić information content (AvgIpc) is 2.68. The molecule has 0 bridgehead atoms. The standard InChI is InChI=1S/C20H23N3O5/c1-14(2)10-11-28-18-9-4-15(12-19(18)27-3)13-21-22-20(24)16-5-7-17(8-6-16)23(25)26/h4-9,12-14H,10-11H2,1-3H3,(H,22,24)/b21-13-. The Kier molecular flexibility index (Phi) is 7.50. The van der Waals surface area contributed by atoms with E-state index in [1.54, 1.807) is 25.3 Å². The van der Waals surface area contributed by atoms with Crippen molar-refractivity contribution in [3.05, 3.63) is 63.7 Å². The topological polar surface area (TPSA) is 103 Å². The molecule has 0 aliphatic rings. The Labute approximate surface area is 163 Å². The highest BCUT2D eigenvalue weighted by atomic mass is 16.6. The summed E-state index contributed by atoms with van der Waals surface area (Å²) >= 11 is 0. The summed E-state index contributed by atoms with van der Waals surface area (Å²) in [6.45, 7) is 4.86. The van der Waals surface area contributed by atoms with Gasteiger partial charge in [-0.3, -0.25) is 14.9 Å². The maximum Gasteiger partial charge on any atom is 0.271 e. The average molecular weight is 385 g/mol. The van der Waals surface area contributed by atoms with Gasteiger partial charge >= 0.3 is 0 Å². The molecule has 0 aliphatic heterocycles. The third-order valence-electron chi connectivity index (χ3n) is 3.86. The first-order valence-electron chi connectivity index (χ1n) is 8.79. The van der Waals surface area contributed by atoms with Gasteiger partial charge in [0.1, 0.15) is 0 Å². The Bertz CT molecular complexity index is 847. The maximum atomic E-state index is 12.0. The van der Waals surface area contributed by atoms with E-state index in [-0.39, 0.29) is 11.3 Å². The molecule has 0 spiro atoms. The fourth-order valence-corrected chi connectivity index (χ4v) is 2.25. The number of nitro groups is 1. The number of carbonyl (C=O) groups is 1. The van der Waals surface area contributed by atoms with E-state index in [0.29, 0.717) is 24.0 Å². The van der Waals surface area contributed by atoms with Crippen LogP contribution in [0.4, 0.5) is 5.69 Å². The number of benzene rings is 2. The van der Waals surface area contributed by atoms with Gasteiger partial charge in [0, 0.05) is 17.7 Å². The van der Waals surface area contributed by atoms with Crippen molar-refractivity contribution < 1.29 is 19.2 Å². The molecule has 0 aromatic heterocycles. The Morgan fingerprint density at radius 1 is 1.21 bits per heavy atom. The van der Waals surface area contributed by atoms with Gasteiger partial charge in [-0.05, 0) is 48.2 Å². The SMILES string of the molecule is COc1cc(/C=N\NC(=O)c2ccc([N+](=O)[O-])cc2)ccc1OCCC(C)C. The predicted molar refractivity (Wildman–Crippen MR) is 106 cm³/mol. The summed E-state index contributed by atoms with van der Waals surface area (Å²) in [6, 6.07) is 10.6. The van der Waals surface area contributed by atoms with Crippen molar-refractivity contribution >= 4 is 17.8 Å². The fraction of sp³-hybridized carbons (Fsp3) is 0.300. The first-order chi connectivity index (χ1) is 13.4. The lowest BCUT2D eigenvalue weighted by molar-refractivity contribution is -0.384. The van der Waals surface area contributed by atoms with Crippen molar-refractivity contribution in [2.75, 3.05) is 13.7 Å². The molecule has 0 saturated heterocycles. The van der Waals surface area contributed by atoms with Crippen LogP contribution in [0.2, 0.25) is 0 Å². The Morgan fingerprint density at radius 2 is 1.93 bits per heavy atom. The van der Waals surface area contributed by atoms with Gasteiger partial charge in [-0.15, -0.1) is 0 Å². The van der Waals surface area contributed by atoms with Crippen molar-refractivity contribution in [3.8, 4) is 11.5 Å². The van der Waals surface area contributed by atoms with E-state index < -0.39 is 10.8 Å². The lowest BCUT2D eigenvalue weighted by atomic mass is 10.1. The summed E-state index contributed by atoms with van der Waals surface area (Å²) in [5.74, 6) is 1.31.